The molecule has 0 amide bonds. The molecule has 1 aliphatic rings. The summed E-state index contributed by atoms with van der Waals surface area (Å²) in [6.45, 7) is 9.99. The van der Waals surface area contributed by atoms with Gasteiger partial charge in [-0.15, -0.1) is 0 Å². The molecule has 0 saturated carbocycles. The van der Waals surface area contributed by atoms with Crippen molar-refractivity contribution in [3.8, 4) is 0 Å². The van der Waals surface area contributed by atoms with Gasteiger partial charge < -0.3 is 0 Å². The standard InChI is InChI=1S/C20H28OS/c1-15(8-6-9-16(2)14-18(4)21)11-12-19-17(3)10-7-13-20(19,5)22/h6,8-9,11-12,14,22H,7,10,13H2,1-5H3/b9-6+,12-11+,15-8-,16-14+. The number of allylic oxidation sites excluding steroid dienone is 9. The minimum Gasteiger partial charge on any atom is -0.295 e. The fourth-order valence-corrected chi connectivity index (χ4v) is 3.16. The highest BCUT2D eigenvalue weighted by Gasteiger charge is 2.27. The molecule has 0 aliphatic heterocycles. The molecule has 1 atom stereocenters. The van der Waals surface area contributed by atoms with E-state index in [9.17, 15) is 4.79 Å². The lowest BCUT2D eigenvalue weighted by Gasteiger charge is -2.31. The maximum Gasteiger partial charge on any atom is 0.152 e. The third-order valence-corrected chi connectivity index (χ3v) is 4.38. The van der Waals surface area contributed by atoms with Crippen LogP contribution in [-0.2, 0) is 4.79 Å². The van der Waals surface area contributed by atoms with Crippen molar-refractivity contribution in [3.05, 3.63) is 58.7 Å². The maximum atomic E-state index is 11.0. The Balaban J connectivity index is 2.79. The zero-order valence-corrected chi connectivity index (χ0v) is 15.3. The molecule has 0 spiro atoms. The van der Waals surface area contributed by atoms with Gasteiger partial charge in [0.2, 0.25) is 0 Å². The number of carbonyl (C=O) groups excluding carboxylic acids is 1. The van der Waals surface area contributed by atoms with E-state index in [2.05, 4.69) is 39.0 Å². The first kappa shape index (κ1) is 18.8. The molecule has 2 heteroatoms. The molecule has 0 N–H and O–H groups in total. The van der Waals surface area contributed by atoms with E-state index in [0.717, 1.165) is 12.0 Å². The van der Waals surface area contributed by atoms with Crippen molar-refractivity contribution in [2.45, 2.75) is 58.6 Å². The lowest BCUT2D eigenvalue weighted by atomic mass is 9.83. The maximum absolute atomic E-state index is 11.0. The minimum absolute atomic E-state index is 0.0181. The van der Waals surface area contributed by atoms with E-state index in [1.807, 2.05) is 19.1 Å². The molecule has 0 saturated heterocycles. The summed E-state index contributed by atoms with van der Waals surface area (Å²) in [4.78, 5) is 11.0. The minimum atomic E-state index is -0.0181. The van der Waals surface area contributed by atoms with E-state index in [1.165, 1.54) is 29.6 Å². The smallest absolute Gasteiger partial charge is 0.152 e. The van der Waals surface area contributed by atoms with Gasteiger partial charge in [0, 0.05) is 4.75 Å². The third-order valence-electron chi connectivity index (χ3n) is 3.92. The summed E-state index contributed by atoms with van der Waals surface area (Å²) in [6.07, 6.45) is 15.5. The summed E-state index contributed by atoms with van der Waals surface area (Å²) in [5.41, 5.74) is 4.95. The molecule has 1 rings (SSSR count). The number of hydrogen-bond acceptors (Lipinski definition) is 2. The van der Waals surface area contributed by atoms with Gasteiger partial charge in [0.1, 0.15) is 0 Å². The molecule has 1 nitrogen and oxygen atoms in total. The van der Waals surface area contributed by atoms with Crippen molar-refractivity contribution < 1.29 is 4.79 Å². The third kappa shape index (κ3) is 6.23. The second-order valence-electron chi connectivity index (χ2n) is 6.42. The molecule has 0 bridgehead atoms. The second-order valence-corrected chi connectivity index (χ2v) is 7.41. The number of hydrogen-bond donors (Lipinski definition) is 1. The van der Waals surface area contributed by atoms with Gasteiger partial charge in [0.05, 0.1) is 0 Å². The van der Waals surface area contributed by atoms with Crippen LogP contribution in [0, 0.1) is 0 Å². The van der Waals surface area contributed by atoms with Gasteiger partial charge in [-0.25, -0.2) is 0 Å². The Morgan fingerprint density at radius 2 is 1.86 bits per heavy atom. The average Bonchev–Trinajstić information content (AvgIpc) is 2.36. The predicted octanol–water partition coefficient (Wildman–Crippen LogP) is 5.77. The second kappa shape index (κ2) is 8.38. The van der Waals surface area contributed by atoms with Crippen molar-refractivity contribution in [1.29, 1.82) is 0 Å². The Morgan fingerprint density at radius 3 is 2.45 bits per heavy atom. The van der Waals surface area contributed by atoms with Crippen LogP contribution in [0.3, 0.4) is 0 Å². The first-order valence-electron chi connectivity index (χ1n) is 7.87. The Morgan fingerprint density at radius 1 is 1.18 bits per heavy atom. The monoisotopic (exact) mass is 316 g/mol. The van der Waals surface area contributed by atoms with Crippen LogP contribution in [0.5, 0.6) is 0 Å². The van der Waals surface area contributed by atoms with Gasteiger partial charge in [-0.2, -0.15) is 12.6 Å². The molecule has 0 heterocycles. The highest BCUT2D eigenvalue weighted by Crippen LogP contribution is 2.38. The normalized spacial score (nSPS) is 24.6. The molecular weight excluding hydrogens is 288 g/mol. The van der Waals surface area contributed by atoms with Gasteiger partial charge in [-0.05, 0) is 71.1 Å². The molecule has 0 fully saturated rings. The first-order valence-corrected chi connectivity index (χ1v) is 8.31. The zero-order chi connectivity index (χ0) is 16.8. The van der Waals surface area contributed by atoms with Gasteiger partial charge in [-0.3, -0.25) is 4.79 Å². The molecule has 0 aromatic rings. The van der Waals surface area contributed by atoms with E-state index < -0.39 is 0 Å². The molecular formula is C20H28OS. The number of ketones is 1. The fraction of sp³-hybridized carbons (Fsp3) is 0.450. The van der Waals surface area contributed by atoms with Crippen LogP contribution in [0.2, 0.25) is 0 Å². The lowest BCUT2D eigenvalue weighted by molar-refractivity contribution is -0.112. The lowest BCUT2D eigenvalue weighted by Crippen LogP contribution is -2.23. The summed E-state index contributed by atoms with van der Waals surface area (Å²) in [5.74, 6) is 0.0792. The average molecular weight is 317 g/mol. The highest BCUT2D eigenvalue weighted by atomic mass is 32.1. The van der Waals surface area contributed by atoms with E-state index in [0.29, 0.717) is 0 Å². The van der Waals surface area contributed by atoms with Gasteiger partial charge in [0.15, 0.2) is 5.78 Å². The number of carbonyl (C=O) groups is 1. The molecule has 120 valence electrons. The Hall–Kier alpha value is -1.28. The summed E-state index contributed by atoms with van der Waals surface area (Å²) in [6, 6.07) is 0. The Bertz CT molecular complexity index is 569. The van der Waals surface area contributed by atoms with Crippen molar-refractivity contribution in [2.75, 3.05) is 0 Å². The van der Waals surface area contributed by atoms with Crippen LogP contribution in [0.4, 0.5) is 0 Å². The zero-order valence-electron chi connectivity index (χ0n) is 14.4. The molecule has 1 unspecified atom stereocenters. The van der Waals surface area contributed by atoms with Crippen molar-refractivity contribution in [1.82, 2.24) is 0 Å². The summed E-state index contributed by atoms with van der Waals surface area (Å²) in [5, 5.41) is 0. The molecule has 0 aromatic carbocycles. The SMILES string of the molecule is CC(=O)/C=C(C)/C=C/C=C(C)\C=C\C1=C(C)CCCC1(C)S. The van der Waals surface area contributed by atoms with Crippen LogP contribution >= 0.6 is 12.6 Å². The molecule has 0 radical (unpaired) electrons. The van der Waals surface area contributed by atoms with Crippen LogP contribution in [-0.4, -0.2) is 10.5 Å². The summed E-state index contributed by atoms with van der Waals surface area (Å²) in [7, 11) is 0. The fourth-order valence-electron chi connectivity index (χ4n) is 2.74. The van der Waals surface area contributed by atoms with Crippen LogP contribution in [0.1, 0.15) is 53.9 Å². The number of rotatable bonds is 5. The van der Waals surface area contributed by atoms with Gasteiger partial charge in [-0.1, -0.05) is 41.5 Å². The largest absolute Gasteiger partial charge is 0.295 e. The van der Waals surface area contributed by atoms with Gasteiger partial charge >= 0.3 is 0 Å². The summed E-state index contributed by atoms with van der Waals surface area (Å²) < 4.78 is -0.0181. The number of thiol groups is 1. The van der Waals surface area contributed by atoms with Crippen LogP contribution < -0.4 is 0 Å². The van der Waals surface area contributed by atoms with E-state index >= 15 is 0 Å². The topological polar surface area (TPSA) is 17.1 Å². The first-order chi connectivity index (χ1) is 10.2. The van der Waals surface area contributed by atoms with Crippen LogP contribution in [0.15, 0.2) is 58.7 Å². The van der Waals surface area contributed by atoms with Crippen LogP contribution in [0.25, 0.3) is 0 Å². The predicted molar refractivity (Wildman–Crippen MR) is 100 cm³/mol. The van der Waals surface area contributed by atoms with Crippen molar-refractivity contribution in [2.24, 2.45) is 0 Å². The van der Waals surface area contributed by atoms with E-state index in [1.54, 1.807) is 13.0 Å². The molecule has 0 aromatic heterocycles. The highest BCUT2D eigenvalue weighted by molar-refractivity contribution is 7.82. The van der Waals surface area contributed by atoms with Crippen molar-refractivity contribution >= 4 is 18.4 Å². The molecule has 1 aliphatic carbocycles. The Labute approximate surface area is 141 Å². The van der Waals surface area contributed by atoms with Crippen molar-refractivity contribution in [3.63, 3.8) is 0 Å². The molecule has 22 heavy (non-hydrogen) atoms. The Kier molecular flexibility index (Phi) is 7.15. The van der Waals surface area contributed by atoms with E-state index in [-0.39, 0.29) is 10.5 Å². The summed E-state index contributed by atoms with van der Waals surface area (Å²) >= 11 is 4.82. The van der Waals surface area contributed by atoms with E-state index in [4.69, 9.17) is 12.6 Å². The van der Waals surface area contributed by atoms with Gasteiger partial charge in [0.25, 0.3) is 0 Å². The quantitative estimate of drug-likeness (QED) is 0.387.